The normalized spacial score (nSPS) is 16.5. The van der Waals surface area contributed by atoms with Crippen molar-refractivity contribution in [2.24, 2.45) is 4.99 Å². The van der Waals surface area contributed by atoms with Gasteiger partial charge in [0.2, 0.25) is 0 Å². The summed E-state index contributed by atoms with van der Waals surface area (Å²) in [5, 5.41) is 10.8. The molecule has 156 valence electrons. The van der Waals surface area contributed by atoms with Gasteiger partial charge in [-0.25, -0.2) is 4.99 Å². The Morgan fingerprint density at radius 3 is 2.29 bits per heavy atom. The lowest BCUT2D eigenvalue weighted by atomic mass is 10.1. The van der Waals surface area contributed by atoms with Crippen LogP contribution in [0, 0.1) is 0 Å². The molecule has 1 aliphatic rings. The maximum atomic E-state index is 13.5. The number of para-hydroxylation sites is 3. The number of phenols is 1. The summed E-state index contributed by atoms with van der Waals surface area (Å²) in [6.45, 7) is 4.17. The second-order valence-corrected chi connectivity index (χ2v) is 8.18. The van der Waals surface area contributed by atoms with E-state index in [2.05, 4.69) is 19.9 Å². The zero-order valence-electron chi connectivity index (χ0n) is 17.6. The van der Waals surface area contributed by atoms with Gasteiger partial charge in [-0.15, -0.1) is 0 Å². The number of anilines is 1. The number of thioether (sulfide) groups is 1. The zero-order valence-corrected chi connectivity index (χ0v) is 18.4. The Bertz CT molecular complexity index is 1180. The van der Waals surface area contributed by atoms with Gasteiger partial charge >= 0.3 is 0 Å². The molecule has 1 N–H and O–H groups in total. The van der Waals surface area contributed by atoms with Crippen molar-refractivity contribution >= 4 is 40.3 Å². The number of nitrogens with zero attached hydrogens (tertiary/aromatic N) is 2. The average molecular weight is 429 g/mol. The zero-order chi connectivity index (χ0) is 21.8. The van der Waals surface area contributed by atoms with Gasteiger partial charge in [0, 0.05) is 5.56 Å². The molecule has 0 aromatic heterocycles. The molecule has 4 rings (SSSR count). The minimum absolute atomic E-state index is 0.137. The predicted octanol–water partition coefficient (Wildman–Crippen LogP) is 6.33. The minimum atomic E-state index is -0.137. The van der Waals surface area contributed by atoms with Gasteiger partial charge in [-0.05, 0) is 60.0 Å². The van der Waals surface area contributed by atoms with Gasteiger partial charge in [-0.3, -0.25) is 9.69 Å². The number of amidine groups is 1. The summed E-state index contributed by atoms with van der Waals surface area (Å²) in [7, 11) is 0. The Morgan fingerprint density at radius 1 is 0.903 bits per heavy atom. The third-order valence-corrected chi connectivity index (χ3v) is 6.20. The maximum absolute atomic E-state index is 13.5. The Balaban J connectivity index is 1.85. The molecule has 5 heteroatoms. The minimum Gasteiger partial charge on any atom is -0.507 e. The second-order valence-electron chi connectivity index (χ2n) is 7.17. The Morgan fingerprint density at radius 2 is 1.55 bits per heavy atom. The van der Waals surface area contributed by atoms with E-state index in [1.165, 1.54) is 11.8 Å². The maximum Gasteiger partial charge on any atom is 0.271 e. The van der Waals surface area contributed by atoms with Gasteiger partial charge in [-0.1, -0.05) is 68.4 Å². The van der Waals surface area contributed by atoms with Crippen LogP contribution in [-0.2, 0) is 17.6 Å². The lowest BCUT2D eigenvalue weighted by Crippen LogP contribution is -2.29. The molecule has 1 fully saturated rings. The van der Waals surface area contributed by atoms with Crippen LogP contribution in [0.2, 0.25) is 0 Å². The first-order chi connectivity index (χ1) is 15.1. The Labute approximate surface area is 187 Å². The fourth-order valence-corrected chi connectivity index (χ4v) is 4.54. The fraction of sp³-hybridized carbons (Fsp3) is 0.154. The Kier molecular flexibility index (Phi) is 6.23. The SMILES string of the molecule is CCc1ccccc1N=C1S/C(=C\c2ccccc2O)C(=O)N1c1ccccc1CC. The summed E-state index contributed by atoms with van der Waals surface area (Å²) < 4.78 is 0. The summed E-state index contributed by atoms with van der Waals surface area (Å²) in [6.07, 6.45) is 3.40. The van der Waals surface area contributed by atoms with Crippen LogP contribution in [0.1, 0.15) is 30.5 Å². The average Bonchev–Trinajstić information content (AvgIpc) is 3.10. The van der Waals surface area contributed by atoms with Crippen molar-refractivity contribution in [3.05, 3.63) is 94.4 Å². The number of benzene rings is 3. The van der Waals surface area contributed by atoms with Crippen molar-refractivity contribution in [2.45, 2.75) is 26.7 Å². The second kappa shape index (κ2) is 9.23. The Hall–Kier alpha value is -3.31. The van der Waals surface area contributed by atoms with Gasteiger partial charge in [0.05, 0.1) is 16.3 Å². The molecule has 0 radical (unpaired) electrons. The molecule has 1 aliphatic heterocycles. The number of amides is 1. The molecule has 0 unspecified atom stereocenters. The number of phenolic OH excluding ortho intramolecular Hbond substituents is 1. The highest BCUT2D eigenvalue weighted by atomic mass is 32.2. The van der Waals surface area contributed by atoms with Crippen LogP contribution >= 0.6 is 11.8 Å². The lowest BCUT2D eigenvalue weighted by Gasteiger charge is -2.19. The quantitative estimate of drug-likeness (QED) is 0.484. The highest BCUT2D eigenvalue weighted by Crippen LogP contribution is 2.39. The largest absolute Gasteiger partial charge is 0.507 e. The molecular weight excluding hydrogens is 404 g/mol. The molecular formula is C26H24N2O2S. The molecule has 0 saturated carbocycles. The van der Waals surface area contributed by atoms with Crippen molar-refractivity contribution < 1.29 is 9.90 Å². The molecule has 3 aromatic carbocycles. The molecule has 0 atom stereocenters. The van der Waals surface area contributed by atoms with Crippen LogP contribution in [0.4, 0.5) is 11.4 Å². The van der Waals surface area contributed by atoms with Gasteiger partial charge in [0.25, 0.3) is 5.91 Å². The van der Waals surface area contributed by atoms with E-state index in [1.807, 2.05) is 48.5 Å². The summed E-state index contributed by atoms with van der Waals surface area (Å²) in [5.41, 5.74) is 4.53. The van der Waals surface area contributed by atoms with Crippen LogP contribution in [0.5, 0.6) is 5.75 Å². The van der Waals surface area contributed by atoms with Gasteiger partial charge in [0.15, 0.2) is 5.17 Å². The number of carbonyl (C=O) groups is 1. The first kappa shape index (κ1) is 20.9. The van der Waals surface area contributed by atoms with Crippen molar-refractivity contribution in [1.82, 2.24) is 0 Å². The van der Waals surface area contributed by atoms with Crippen molar-refractivity contribution in [1.29, 1.82) is 0 Å². The van der Waals surface area contributed by atoms with Crippen LogP contribution in [-0.4, -0.2) is 16.2 Å². The number of aliphatic imine (C=N–C) groups is 1. The number of aromatic hydroxyl groups is 1. The first-order valence-electron chi connectivity index (χ1n) is 10.4. The van der Waals surface area contributed by atoms with Crippen molar-refractivity contribution in [2.75, 3.05) is 4.90 Å². The van der Waals surface area contributed by atoms with Gasteiger partial charge in [0.1, 0.15) is 5.75 Å². The molecule has 4 nitrogen and oxygen atoms in total. The summed E-state index contributed by atoms with van der Waals surface area (Å²) in [4.78, 5) is 20.7. The van der Waals surface area contributed by atoms with Gasteiger partial charge in [-0.2, -0.15) is 0 Å². The van der Waals surface area contributed by atoms with Crippen LogP contribution in [0.3, 0.4) is 0 Å². The number of carbonyl (C=O) groups excluding carboxylic acids is 1. The summed E-state index contributed by atoms with van der Waals surface area (Å²) in [5.74, 6) is 0.00695. The van der Waals surface area contributed by atoms with E-state index in [4.69, 9.17) is 4.99 Å². The fourth-order valence-electron chi connectivity index (χ4n) is 3.56. The molecule has 3 aromatic rings. The van der Waals surface area contributed by atoms with E-state index in [0.717, 1.165) is 35.3 Å². The lowest BCUT2D eigenvalue weighted by molar-refractivity contribution is -0.113. The first-order valence-corrected chi connectivity index (χ1v) is 11.2. The molecule has 1 saturated heterocycles. The van der Waals surface area contributed by atoms with Crippen LogP contribution in [0.25, 0.3) is 6.08 Å². The van der Waals surface area contributed by atoms with E-state index in [1.54, 1.807) is 29.2 Å². The summed E-state index contributed by atoms with van der Waals surface area (Å²) >= 11 is 1.33. The third-order valence-electron chi connectivity index (χ3n) is 5.23. The van der Waals surface area contributed by atoms with Crippen molar-refractivity contribution in [3.8, 4) is 5.75 Å². The number of rotatable bonds is 5. The van der Waals surface area contributed by atoms with E-state index in [9.17, 15) is 9.90 Å². The monoisotopic (exact) mass is 428 g/mol. The van der Waals surface area contributed by atoms with E-state index < -0.39 is 0 Å². The number of hydrogen-bond donors (Lipinski definition) is 1. The van der Waals surface area contributed by atoms with E-state index >= 15 is 0 Å². The molecule has 1 heterocycles. The molecule has 0 aliphatic carbocycles. The third kappa shape index (κ3) is 4.28. The highest BCUT2D eigenvalue weighted by Gasteiger charge is 2.36. The molecule has 1 amide bonds. The standard InChI is InChI=1S/C26H24N2O2S/c1-3-18-11-5-8-14-21(18)27-26-28(22-15-9-6-12-19(22)4-2)25(30)24(31-26)17-20-13-7-10-16-23(20)29/h5-17,29H,3-4H2,1-2H3/b24-17-,27-26?. The topological polar surface area (TPSA) is 52.9 Å². The number of hydrogen-bond acceptors (Lipinski definition) is 4. The van der Waals surface area contributed by atoms with E-state index in [0.29, 0.717) is 15.6 Å². The highest BCUT2D eigenvalue weighted by molar-refractivity contribution is 8.19. The predicted molar refractivity (Wildman–Crippen MR) is 130 cm³/mol. The molecule has 31 heavy (non-hydrogen) atoms. The molecule has 0 bridgehead atoms. The van der Waals surface area contributed by atoms with Crippen molar-refractivity contribution in [3.63, 3.8) is 0 Å². The number of aryl methyl sites for hydroxylation is 2. The van der Waals surface area contributed by atoms with Crippen LogP contribution < -0.4 is 4.90 Å². The van der Waals surface area contributed by atoms with Gasteiger partial charge < -0.3 is 5.11 Å². The summed E-state index contributed by atoms with van der Waals surface area (Å²) in [6, 6.07) is 22.9. The smallest absolute Gasteiger partial charge is 0.271 e. The molecule has 0 spiro atoms. The van der Waals surface area contributed by atoms with E-state index in [-0.39, 0.29) is 11.7 Å². The van der Waals surface area contributed by atoms with Crippen LogP contribution in [0.15, 0.2) is 82.7 Å².